The minimum atomic E-state index is -0.366. The van der Waals surface area contributed by atoms with Gasteiger partial charge < -0.3 is 14.8 Å². The average Bonchev–Trinajstić information content (AvgIpc) is 2.56. The van der Waals surface area contributed by atoms with Crippen molar-refractivity contribution in [3.05, 3.63) is 50.6 Å². The van der Waals surface area contributed by atoms with E-state index in [9.17, 15) is 4.79 Å². The van der Waals surface area contributed by atoms with Crippen molar-refractivity contribution in [3.63, 3.8) is 0 Å². The first-order chi connectivity index (χ1) is 11.4. The quantitative estimate of drug-likeness (QED) is 0.514. The fourth-order valence-electron chi connectivity index (χ4n) is 1.90. The molecule has 0 saturated heterocycles. The van der Waals surface area contributed by atoms with Crippen molar-refractivity contribution >= 4 is 63.1 Å². The molecule has 0 spiro atoms. The van der Waals surface area contributed by atoms with Crippen LogP contribution in [0.2, 0.25) is 5.02 Å². The molecule has 2 aromatic carbocycles. The molecule has 0 heterocycles. The lowest BCUT2D eigenvalue weighted by molar-refractivity contribution is 0.0977. The molecule has 24 heavy (non-hydrogen) atoms. The van der Waals surface area contributed by atoms with Crippen LogP contribution in [0.15, 0.2) is 36.4 Å². The van der Waals surface area contributed by atoms with Crippen molar-refractivity contribution < 1.29 is 14.3 Å². The van der Waals surface area contributed by atoms with Gasteiger partial charge in [-0.3, -0.25) is 10.1 Å². The largest absolute Gasteiger partial charge is 0.493 e. The van der Waals surface area contributed by atoms with Crippen molar-refractivity contribution in [1.82, 2.24) is 5.32 Å². The van der Waals surface area contributed by atoms with Gasteiger partial charge in [-0.2, -0.15) is 0 Å². The number of nitrogens with one attached hydrogen (secondary N) is 2. The normalized spacial score (nSPS) is 10.0. The first-order valence-electron chi connectivity index (χ1n) is 6.74. The first kappa shape index (κ1) is 18.8. The van der Waals surface area contributed by atoms with Crippen LogP contribution in [0.25, 0.3) is 0 Å². The Balaban J connectivity index is 2.07. The second kappa shape index (κ2) is 8.50. The Morgan fingerprint density at radius 3 is 2.46 bits per heavy atom. The number of amides is 1. The molecule has 0 bridgehead atoms. The highest BCUT2D eigenvalue weighted by molar-refractivity contribution is 14.1. The number of halogens is 2. The number of thiocarbonyl (C=S) groups is 1. The zero-order chi connectivity index (χ0) is 17.7. The minimum Gasteiger partial charge on any atom is -0.493 e. The standard InChI is InChI=1S/C16H14ClIN2O3S/c1-22-13-6-3-9(7-14(13)23-2)15(21)20-16(24)19-12-5-4-10(18)8-11(12)17/h3-8H,1-2H3,(H2,19,20,21,24). The molecule has 8 heteroatoms. The molecule has 5 nitrogen and oxygen atoms in total. The molecule has 0 aliphatic rings. The number of hydrogen-bond acceptors (Lipinski definition) is 4. The maximum Gasteiger partial charge on any atom is 0.257 e. The minimum absolute atomic E-state index is 0.151. The maximum atomic E-state index is 12.3. The third kappa shape index (κ3) is 4.71. The van der Waals surface area contributed by atoms with Crippen LogP contribution in [-0.4, -0.2) is 25.2 Å². The van der Waals surface area contributed by atoms with Crippen LogP contribution in [0.1, 0.15) is 10.4 Å². The zero-order valence-corrected chi connectivity index (χ0v) is 16.6. The Labute approximate surface area is 163 Å². The molecule has 0 saturated carbocycles. The van der Waals surface area contributed by atoms with Gasteiger partial charge in [0.15, 0.2) is 16.6 Å². The monoisotopic (exact) mass is 476 g/mol. The van der Waals surface area contributed by atoms with Crippen LogP contribution in [0, 0.1) is 3.57 Å². The Bertz CT molecular complexity index is 786. The van der Waals surface area contributed by atoms with Crippen LogP contribution in [-0.2, 0) is 0 Å². The van der Waals surface area contributed by atoms with Crippen molar-refractivity contribution in [2.75, 3.05) is 19.5 Å². The number of methoxy groups -OCH3 is 2. The van der Waals surface area contributed by atoms with E-state index in [0.717, 1.165) is 3.57 Å². The predicted octanol–water partition coefficient (Wildman–Crippen LogP) is 4.09. The van der Waals surface area contributed by atoms with Gasteiger partial charge in [0.25, 0.3) is 5.91 Å². The molecular formula is C16H14ClIN2O3S. The summed E-state index contributed by atoms with van der Waals surface area (Å²) in [6.45, 7) is 0. The third-order valence-corrected chi connectivity index (χ3v) is 4.24. The SMILES string of the molecule is COc1ccc(C(=O)NC(=S)Nc2ccc(I)cc2Cl)cc1OC. The molecule has 2 N–H and O–H groups in total. The second-order valence-corrected chi connectivity index (χ2v) is 6.66. The summed E-state index contributed by atoms with van der Waals surface area (Å²) in [6, 6.07) is 10.3. The van der Waals surface area contributed by atoms with Gasteiger partial charge in [-0.05, 0) is 71.2 Å². The molecule has 0 unspecified atom stereocenters. The smallest absolute Gasteiger partial charge is 0.257 e. The summed E-state index contributed by atoms with van der Waals surface area (Å²) in [6.07, 6.45) is 0. The number of rotatable bonds is 4. The van der Waals surface area contributed by atoms with Crippen LogP contribution in [0.3, 0.4) is 0 Å². The summed E-state index contributed by atoms with van der Waals surface area (Å²) in [5.41, 5.74) is 1.01. The number of ether oxygens (including phenoxy) is 2. The van der Waals surface area contributed by atoms with E-state index >= 15 is 0 Å². The van der Waals surface area contributed by atoms with E-state index in [1.165, 1.54) is 14.2 Å². The fraction of sp³-hybridized carbons (Fsp3) is 0.125. The zero-order valence-electron chi connectivity index (χ0n) is 12.9. The van der Waals surface area contributed by atoms with Gasteiger partial charge >= 0.3 is 0 Å². The van der Waals surface area contributed by atoms with E-state index in [1.807, 2.05) is 6.07 Å². The van der Waals surface area contributed by atoms with Gasteiger partial charge in [-0.15, -0.1) is 0 Å². The molecule has 2 rings (SSSR count). The lowest BCUT2D eigenvalue weighted by atomic mass is 10.2. The highest BCUT2D eigenvalue weighted by atomic mass is 127. The first-order valence-corrected chi connectivity index (χ1v) is 8.60. The summed E-state index contributed by atoms with van der Waals surface area (Å²) in [4.78, 5) is 12.3. The maximum absolute atomic E-state index is 12.3. The number of carbonyl (C=O) groups is 1. The van der Waals surface area contributed by atoms with Gasteiger partial charge in [-0.25, -0.2) is 0 Å². The van der Waals surface area contributed by atoms with Gasteiger partial charge in [0.2, 0.25) is 0 Å². The van der Waals surface area contributed by atoms with E-state index in [-0.39, 0.29) is 11.0 Å². The predicted molar refractivity (Wildman–Crippen MR) is 107 cm³/mol. The van der Waals surface area contributed by atoms with Crippen LogP contribution >= 0.6 is 46.4 Å². The molecule has 1 amide bonds. The van der Waals surface area contributed by atoms with E-state index in [1.54, 1.807) is 30.3 Å². The molecule has 0 radical (unpaired) electrons. The number of anilines is 1. The molecule has 0 aromatic heterocycles. The topological polar surface area (TPSA) is 59.6 Å². The molecule has 0 fully saturated rings. The summed E-state index contributed by atoms with van der Waals surface area (Å²) in [5.74, 6) is 0.639. The van der Waals surface area contributed by atoms with E-state index in [4.69, 9.17) is 33.3 Å². The molecule has 0 aliphatic heterocycles. The van der Waals surface area contributed by atoms with Crippen LogP contribution < -0.4 is 20.1 Å². The Kier molecular flexibility index (Phi) is 6.64. The molecule has 2 aromatic rings. The number of hydrogen-bond donors (Lipinski definition) is 2. The van der Waals surface area contributed by atoms with Gasteiger partial charge in [-0.1, -0.05) is 11.6 Å². The van der Waals surface area contributed by atoms with Crippen LogP contribution in [0.5, 0.6) is 11.5 Å². The van der Waals surface area contributed by atoms with Crippen molar-refractivity contribution in [2.24, 2.45) is 0 Å². The summed E-state index contributed by atoms with van der Waals surface area (Å²) >= 11 is 13.4. The highest BCUT2D eigenvalue weighted by Gasteiger charge is 2.12. The molecule has 0 atom stereocenters. The molecular weight excluding hydrogens is 463 g/mol. The fourth-order valence-corrected chi connectivity index (χ4v) is 3.00. The van der Waals surface area contributed by atoms with E-state index < -0.39 is 0 Å². The lowest BCUT2D eigenvalue weighted by Gasteiger charge is -2.12. The third-order valence-electron chi connectivity index (χ3n) is 3.05. The van der Waals surface area contributed by atoms with Crippen LogP contribution in [0.4, 0.5) is 5.69 Å². The number of carbonyl (C=O) groups excluding carboxylic acids is 1. The Morgan fingerprint density at radius 1 is 1.12 bits per heavy atom. The summed E-state index contributed by atoms with van der Waals surface area (Å²) in [5, 5.41) is 6.17. The van der Waals surface area contributed by atoms with Gasteiger partial charge in [0, 0.05) is 9.13 Å². The van der Waals surface area contributed by atoms with Crippen molar-refractivity contribution in [2.45, 2.75) is 0 Å². The van der Waals surface area contributed by atoms with E-state index in [2.05, 4.69) is 33.2 Å². The van der Waals surface area contributed by atoms with Crippen molar-refractivity contribution in [3.8, 4) is 11.5 Å². The number of benzene rings is 2. The van der Waals surface area contributed by atoms with E-state index in [0.29, 0.717) is 27.8 Å². The Morgan fingerprint density at radius 2 is 1.83 bits per heavy atom. The Hall–Kier alpha value is -1.58. The van der Waals surface area contributed by atoms with Crippen molar-refractivity contribution in [1.29, 1.82) is 0 Å². The van der Waals surface area contributed by atoms with Gasteiger partial charge in [0.1, 0.15) is 0 Å². The van der Waals surface area contributed by atoms with Gasteiger partial charge in [0.05, 0.1) is 24.9 Å². The average molecular weight is 477 g/mol. The highest BCUT2D eigenvalue weighted by Crippen LogP contribution is 2.27. The molecule has 0 aliphatic carbocycles. The lowest BCUT2D eigenvalue weighted by Crippen LogP contribution is -2.34. The molecule has 126 valence electrons. The summed E-state index contributed by atoms with van der Waals surface area (Å²) < 4.78 is 11.3. The summed E-state index contributed by atoms with van der Waals surface area (Å²) in [7, 11) is 3.03. The second-order valence-electron chi connectivity index (χ2n) is 4.60.